The van der Waals surface area contributed by atoms with Crippen molar-refractivity contribution in [3.8, 4) is 0 Å². The van der Waals surface area contributed by atoms with Crippen molar-refractivity contribution in [3.63, 3.8) is 0 Å². The molecule has 2 fully saturated rings. The van der Waals surface area contributed by atoms with Gasteiger partial charge in [-0.05, 0) is 24.2 Å². The Morgan fingerprint density at radius 2 is 1.93 bits per heavy atom. The average Bonchev–Trinajstić information content (AvgIpc) is 2.43. The first-order valence-corrected chi connectivity index (χ1v) is 5.83. The van der Waals surface area contributed by atoms with Gasteiger partial charge in [0, 0.05) is 25.2 Å². The minimum Gasteiger partial charge on any atom is -0.381 e. The number of hydrogen-bond acceptors (Lipinski definition) is 2. The minimum absolute atomic E-state index is 0.0214. The van der Waals surface area contributed by atoms with E-state index in [1.807, 2.05) is 0 Å². The molecule has 1 unspecified atom stereocenters. The van der Waals surface area contributed by atoms with Crippen LogP contribution in [0.3, 0.4) is 0 Å². The maximum absolute atomic E-state index is 11.6. The summed E-state index contributed by atoms with van der Waals surface area (Å²) in [5, 5.41) is 3.21. The van der Waals surface area contributed by atoms with E-state index in [0.717, 1.165) is 26.1 Å². The van der Waals surface area contributed by atoms with E-state index in [1.165, 1.54) is 0 Å². The largest absolute Gasteiger partial charge is 0.381 e. The fourth-order valence-electron chi connectivity index (χ4n) is 3.14. The van der Waals surface area contributed by atoms with Crippen molar-refractivity contribution < 1.29 is 9.53 Å². The van der Waals surface area contributed by atoms with Gasteiger partial charge in [0.2, 0.25) is 5.91 Å². The van der Waals surface area contributed by atoms with Crippen molar-refractivity contribution in [2.45, 2.75) is 45.6 Å². The molecule has 0 aromatic rings. The molecule has 2 heterocycles. The van der Waals surface area contributed by atoms with Gasteiger partial charge in [-0.3, -0.25) is 4.79 Å². The second kappa shape index (κ2) is 3.48. The van der Waals surface area contributed by atoms with Crippen LogP contribution in [0.25, 0.3) is 0 Å². The molecule has 0 radical (unpaired) electrons. The van der Waals surface area contributed by atoms with Crippen molar-refractivity contribution in [2.75, 3.05) is 13.2 Å². The first-order valence-electron chi connectivity index (χ1n) is 5.83. The molecular formula is C12H21NO2. The number of carbonyl (C=O) groups is 1. The van der Waals surface area contributed by atoms with Gasteiger partial charge in [-0.25, -0.2) is 0 Å². The SMILES string of the molecule is CC(C)(C)C1CC(=O)NC12CCOCC2. The van der Waals surface area contributed by atoms with Crippen LogP contribution in [-0.4, -0.2) is 24.7 Å². The highest BCUT2D eigenvalue weighted by atomic mass is 16.5. The molecule has 0 aromatic heterocycles. The Labute approximate surface area is 91.6 Å². The fraction of sp³-hybridized carbons (Fsp3) is 0.917. The number of amides is 1. The van der Waals surface area contributed by atoms with Gasteiger partial charge in [-0.1, -0.05) is 20.8 Å². The first-order chi connectivity index (χ1) is 6.94. The van der Waals surface area contributed by atoms with Crippen LogP contribution in [0.5, 0.6) is 0 Å². The number of hydrogen-bond donors (Lipinski definition) is 1. The van der Waals surface area contributed by atoms with E-state index in [4.69, 9.17) is 4.74 Å². The summed E-state index contributed by atoms with van der Waals surface area (Å²) in [6.45, 7) is 8.26. The third kappa shape index (κ3) is 1.89. The van der Waals surface area contributed by atoms with Gasteiger partial charge in [0.25, 0.3) is 0 Å². The molecule has 0 aliphatic carbocycles. The zero-order valence-electron chi connectivity index (χ0n) is 9.93. The van der Waals surface area contributed by atoms with Gasteiger partial charge in [-0.15, -0.1) is 0 Å². The number of rotatable bonds is 0. The maximum atomic E-state index is 11.6. The topological polar surface area (TPSA) is 38.3 Å². The molecule has 0 bridgehead atoms. The standard InChI is InChI=1S/C12H21NO2/c1-11(2,3)9-8-10(14)13-12(9)4-6-15-7-5-12/h9H,4-8H2,1-3H3,(H,13,14). The first kappa shape index (κ1) is 10.9. The van der Waals surface area contributed by atoms with E-state index >= 15 is 0 Å². The lowest BCUT2D eigenvalue weighted by Gasteiger charge is -2.44. The Kier molecular flexibility index (Phi) is 2.53. The molecule has 1 atom stereocenters. The molecule has 2 aliphatic heterocycles. The average molecular weight is 211 g/mol. The molecule has 3 heteroatoms. The summed E-state index contributed by atoms with van der Waals surface area (Å²) in [7, 11) is 0. The zero-order valence-corrected chi connectivity index (χ0v) is 9.93. The summed E-state index contributed by atoms with van der Waals surface area (Å²) in [4.78, 5) is 11.6. The second-order valence-electron chi connectivity index (χ2n) is 5.94. The summed E-state index contributed by atoms with van der Waals surface area (Å²) in [6, 6.07) is 0. The van der Waals surface area contributed by atoms with Crippen LogP contribution in [0.2, 0.25) is 0 Å². The normalized spacial score (nSPS) is 30.6. The molecule has 1 spiro atoms. The highest BCUT2D eigenvalue weighted by Crippen LogP contribution is 2.45. The monoisotopic (exact) mass is 211 g/mol. The van der Waals surface area contributed by atoms with Crippen LogP contribution in [0.1, 0.15) is 40.0 Å². The smallest absolute Gasteiger partial charge is 0.220 e. The Morgan fingerprint density at radius 1 is 1.33 bits per heavy atom. The van der Waals surface area contributed by atoms with E-state index in [2.05, 4.69) is 26.1 Å². The van der Waals surface area contributed by atoms with Crippen LogP contribution in [0, 0.1) is 11.3 Å². The van der Waals surface area contributed by atoms with Gasteiger partial charge >= 0.3 is 0 Å². The summed E-state index contributed by atoms with van der Waals surface area (Å²) in [6.07, 6.45) is 2.63. The van der Waals surface area contributed by atoms with Crippen molar-refractivity contribution in [1.82, 2.24) is 5.32 Å². The lowest BCUT2D eigenvalue weighted by Crippen LogP contribution is -2.53. The van der Waals surface area contributed by atoms with E-state index in [0.29, 0.717) is 12.3 Å². The Balaban J connectivity index is 2.24. The number of carbonyl (C=O) groups excluding carboxylic acids is 1. The van der Waals surface area contributed by atoms with Crippen LogP contribution in [0.15, 0.2) is 0 Å². The third-order valence-corrected chi connectivity index (χ3v) is 3.88. The second-order valence-corrected chi connectivity index (χ2v) is 5.94. The van der Waals surface area contributed by atoms with Gasteiger partial charge in [0.1, 0.15) is 0 Å². The molecule has 1 N–H and O–H groups in total. The minimum atomic E-state index is 0.0214. The summed E-state index contributed by atoms with van der Waals surface area (Å²) < 4.78 is 5.40. The van der Waals surface area contributed by atoms with Gasteiger partial charge in [0.05, 0.1) is 0 Å². The lowest BCUT2D eigenvalue weighted by molar-refractivity contribution is -0.120. The van der Waals surface area contributed by atoms with E-state index in [1.54, 1.807) is 0 Å². The van der Waals surface area contributed by atoms with Crippen molar-refractivity contribution in [3.05, 3.63) is 0 Å². The van der Waals surface area contributed by atoms with Crippen molar-refractivity contribution >= 4 is 5.91 Å². The summed E-state index contributed by atoms with van der Waals surface area (Å²) in [5.74, 6) is 0.665. The molecule has 15 heavy (non-hydrogen) atoms. The van der Waals surface area contributed by atoms with E-state index in [9.17, 15) is 4.79 Å². The maximum Gasteiger partial charge on any atom is 0.220 e. The van der Waals surface area contributed by atoms with Crippen LogP contribution in [0.4, 0.5) is 0 Å². The van der Waals surface area contributed by atoms with Gasteiger partial charge in [0.15, 0.2) is 0 Å². The quantitative estimate of drug-likeness (QED) is 0.662. The van der Waals surface area contributed by atoms with Crippen LogP contribution in [-0.2, 0) is 9.53 Å². The Bertz CT molecular complexity index is 261. The third-order valence-electron chi connectivity index (χ3n) is 3.88. The zero-order chi connectivity index (χ0) is 11.1. The Morgan fingerprint density at radius 3 is 2.47 bits per heavy atom. The predicted molar refractivity (Wildman–Crippen MR) is 58.5 cm³/mol. The lowest BCUT2D eigenvalue weighted by atomic mass is 9.66. The summed E-state index contributed by atoms with van der Waals surface area (Å²) >= 11 is 0. The van der Waals surface area contributed by atoms with E-state index < -0.39 is 0 Å². The Hall–Kier alpha value is -0.570. The molecular weight excluding hydrogens is 190 g/mol. The summed E-state index contributed by atoms with van der Waals surface area (Å²) in [5.41, 5.74) is 0.212. The number of ether oxygens (including phenoxy) is 1. The predicted octanol–water partition coefficient (Wildman–Crippen LogP) is 1.72. The van der Waals surface area contributed by atoms with Crippen LogP contribution < -0.4 is 5.32 Å². The highest BCUT2D eigenvalue weighted by molar-refractivity contribution is 5.80. The highest BCUT2D eigenvalue weighted by Gasteiger charge is 2.51. The molecule has 2 rings (SSSR count). The van der Waals surface area contributed by atoms with E-state index in [-0.39, 0.29) is 16.9 Å². The molecule has 0 aromatic carbocycles. The molecule has 3 nitrogen and oxygen atoms in total. The van der Waals surface area contributed by atoms with Crippen molar-refractivity contribution in [2.24, 2.45) is 11.3 Å². The molecule has 2 aliphatic rings. The molecule has 2 saturated heterocycles. The molecule has 1 amide bonds. The van der Waals surface area contributed by atoms with Crippen LogP contribution >= 0.6 is 0 Å². The van der Waals surface area contributed by atoms with Crippen molar-refractivity contribution in [1.29, 1.82) is 0 Å². The fourth-order valence-corrected chi connectivity index (χ4v) is 3.14. The molecule has 0 saturated carbocycles. The number of nitrogens with one attached hydrogen (secondary N) is 1. The van der Waals surface area contributed by atoms with Gasteiger partial charge < -0.3 is 10.1 Å². The van der Waals surface area contributed by atoms with Gasteiger partial charge in [-0.2, -0.15) is 0 Å². The molecule has 86 valence electrons.